The van der Waals surface area contributed by atoms with Crippen molar-refractivity contribution in [2.24, 2.45) is 11.8 Å². The van der Waals surface area contributed by atoms with E-state index in [2.05, 4.69) is 27.4 Å². The van der Waals surface area contributed by atoms with Crippen LogP contribution in [0.25, 0.3) is 0 Å². The van der Waals surface area contributed by atoms with Crippen LogP contribution in [0.5, 0.6) is 0 Å². The van der Waals surface area contributed by atoms with Gasteiger partial charge in [-0.05, 0) is 63.0 Å². The van der Waals surface area contributed by atoms with Crippen molar-refractivity contribution in [3.63, 3.8) is 0 Å². The van der Waals surface area contributed by atoms with Crippen LogP contribution in [-0.2, 0) is 19.1 Å². The monoisotopic (exact) mass is 378 g/mol. The van der Waals surface area contributed by atoms with Gasteiger partial charge in [0.2, 0.25) is 0 Å². The molecule has 1 rings (SSSR count). The first-order chi connectivity index (χ1) is 12.6. The predicted molar refractivity (Wildman–Crippen MR) is 110 cm³/mol. The molecule has 1 fully saturated rings. The SMILES string of the molecule is C=C(CC(=O)C(C)CCCC1(C)CCCC(=CCOC(C)=O)CO1)C(C)C. The van der Waals surface area contributed by atoms with E-state index >= 15 is 0 Å². The van der Waals surface area contributed by atoms with Gasteiger partial charge in [-0.25, -0.2) is 0 Å². The molecule has 1 aliphatic rings. The van der Waals surface area contributed by atoms with Crippen molar-refractivity contribution < 1.29 is 19.1 Å². The number of hydrogen-bond donors (Lipinski definition) is 0. The Morgan fingerprint density at radius 3 is 2.67 bits per heavy atom. The van der Waals surface area contributed by atoms with E-state index in [0.717, 1.165) is 44.1 Å². The van der Waals surface area contributed by atoms with Crippen molar-refractivity contribution in [2.45, 2.75) is 85.2 Å². The van der Waals surface area contributed by atoms with Crippen LogP contribution in [0.3, 0.4) is 0 Å². The van der Waals surface area contributed by atoms with E-state index in [0.29, 0.717) is 31.3 Å². The first kappa shape index (κ1) is 23.6. The van der Waals surface area contributed by atoms with Crippen molar-refractivity contribution in [2.75, 3.05) is 13.2 Å². The van der Waals surface area contributed by atoms with Gasteiger partial charge >= 0.3 is 5.97 Å². The average Bonchev–Trinajstić information content (AvgIpc) is 2.76. The van der Waals surface area contributed by atoms with E-state index in [9.17, 15) is 9.59 Å². The van der Waals surface area contributed by atoms with Crippen molar-refractivity contribution in [1.82, 2.24) is 0 Å². The van der Waals surface area contributed by atoms with E-state index in [1.807, 2.05) is 13.0 Å². The zero-order valence-electron chi connectivity index (χ0n) is 17.9. The van der Waals surface area contributed by atoms with Crippen LogP contribution in [0, 0.1) is 11.8 Å². The molecule has 1 heterocycles. The Hall–Kier alpha value is -1.42. The van der Waals surface area contributed by atoms with Gasteiger partial charge in [-0.3, -0.25) is 9.59 Å². The molecule has 0 N–H and O–H groups in total. The average molecular weight is 379 g/mol. The summed E-state index contributed by atoms with van der Waals surface area (Å²) >= 11 is 0. The first-order valence-corrected chi connectivity index (χ1v) is 10.3. The third-order valence-corrected chi connectivity index (χ3v) is 5.58. The normalized spacial score (nSPS) is 23.1. The van der Waals surface area contributed by atoms with E-state index < -0.39 is 0 Å². The van der Waals surface area contributed by atoms with Gasteiger partial charge in [0.15, 0.2) is 0 Å². The molecule has 0 saturated carbocycles. The Morgan fingerprint density at radius 1 is 1.33 bits per heavy atom. The van der Waals surface area contributed by atoms with Crippen molar-refractivity contribution >= 4 is 11.8 Å². The zero-order chi connectivity index (χ0) is 20.4. The fourth-order valence-corrected chi connectivity index (χ4v) is 3.28. The highest BCUT2D eigenvalue weighted by molar-refractivity contribution is 5.82. The lowest BCUT2D eigenvalue weighted by atomic mass is 9.88. The third-order valence-electron chi connectivity index (χ3n) is 5.58. The quantitative estimate of drug-likeness (QED) is 0.376. The maximum atomic E-state index is 12.3. The smallest absolute Gasteiger partial charge is 0.302 e. The molecule has 0 amide bonds. The van der Waals surface area contributed by atoms with Gasteiger partial charge in [-0.15, -0.1) is 0 Å². The maximum Gasteiger partial charge on any atom is 0.302 e. The highest BCUT2D eigenvalue weighted by Crippen LogP contribution is 2.31. The summed E-state index contributed by atoms with van der Waals surface area (Å²) in [5.74, 6) is 0.486. The highest BCUT2D eigenvalue weighted by Gasteiger charge is 2.28. The standard InChI is InChI=1S/C23H38O4/c1-17(2)19(4)15-22(25)18(3)9-7-12-23(6)13-8-10-21(16-27-23)11-14-26-20(5)24/h11,17-18H,4,7-10,12-16H2,1-3,5-6H3. The number of carbonyl (C=O) groups is 2. The zero-order valence-corrected chi connectivity index (χ0v) is 17.9. The summed E-state index contributed by atoms with van der Waals surface area (Å²) < 4.78 is 11.2. The van der Waals surface area contributed by atoms with E-state index in [1.54, 1.807) is 0 Å². The molecule has 2 atom stereocenters. The summed E-state index contributed by atoms with van der Waals surface area (Å²) in [4.78, 5) is 23.2. The van der Waals surface area contributed by atoms with Crippen molar-refractivity contribution in [1.29, 1.82) is 0 Å². The Balaban J connectivity index is 2.40. The predicted octanol–water partition coefficient (Wildman–Crippen LogP) is 5.41. The van der Waals surface area contributed by atoms with Gasteiger partial charge < -0.3 is 9.47 Å². The Labute approximate surface area is 165 Å². The fourth-order valence-electron chi connectivity index (χ4n) is 3.28. The molecule has 4 heteroatoms. The number of esters is 1. The van der Waals surface area contributed by atoms with Crippen molar-refractivity contribution in [3.05, 3.63) is 23.8 Å². The molecule has 0 aromatic heterocycles. The Kier molecular flexibility index (Phi) is 10.00. The highest BCUT2D eigenvalue weighted by atomic mass is 16.5. The number of hydrogen-bond acceptors (Lipinski definition) is 4. The molecule has 0 aliphatic carbocycles. The molecule has 1 saturated heterocycles. The van der Waals surface area contributed by atoms with Crippen LogP contribution in [0.2, 0.25) is 0 Å². The Morgan fingerprint density at radius 2 is 2.04 bits per heavy atom. The Bertz CT molecular complexity index is 547. The minimum Gasteiger partial charge on any atom is -0.462 e. The lowest BCUT2D eigenvalue weighted by Gasteiger charge is -2.28. The molecule has 27 heavy (non-hydrogen) atoms. The van der Waals surface area contributed by atoms with Gasteiger partial charge in [0, 0.05) is 19.3 Å². The number of carbonyl (C=O) groups excluding carboxylic acids is 2. The number of ketones is 1. The second kappa shape index (κ2) is 11.4. The number of allylic oxidation sites excluding steroid dienone is 1. The van der Waals surface area contributed by atoms with Crippen LogP contribution in [-0.4, -0.2) is 30.6 Å². The van der Waals surface area contributed by atoms with Crippen LogP contribution >= 0.6 is 0 Å². The molecule has 154 valence electrons. The summed E-state index contributed by atoms with van der Waals surface area (Å²) in [6.07, 6.45) is 8.41. The minimum absolute atomic E-state index is 0.0778. The lowest BCUT2D eigenvalue weighted by Crippen LogP contribution is -2.28. The van der Waals surface area contributed by atoms with Gasteiger partial charge in [0.25, 0.3) is 0 Å². The van der Waals surface area contributed by atoms with E-state index in [-0.39, 0.29) is 17.5 Å². The summed E-state index contributed by atoms with van der Waals surface area (Å²) in [5.41, 5.74) is 2.09. The molecule has 0 aromatic carbocycles. The van der Waals surface area contributed by atoms with Gasteiger partial charge in [-0.1, -0.05) is 32.9 Å². The topological polar surface area (TPSA) is 52.6 Å². The second-order valence-electron chi connectivity index (χ2n) is 8.51. The summed E-state index contributed by atoms with van der Waals surface area (Å²) in [5, 5.41) is 0. The maximum absolute atomic E-state index is 12.3. The minimum atomic E-state index is -0.258. The molecular weight excluding hydrogens is 340 g/mol. The molecule has 1 aliphatic heterocycles. The largest absolute Gasteiger partial charge is 0.462 e. The lowest BCUT2D eigenvalue weighted by molar-refractivity contribution is -0.139. The third kappa shape index (κ3) is 9.37. The number of ether oxygens (including phenoxy) is 2. The summed E-state index contributed by atoms with van der Waals surface area (Å²) in [6.45, 7) is 14.7. The van der Waals surface area contributed by atoms with Crippen LogP contribution < -0.4 is 0 Å². The molecule has 0 radical (unpaired) electrons. The summed E-state index contributed by atoms with van der Waals surface area (Å²) in [6, 6.07) is 0. The molecular formula is C23H38O4. The second-order valence-corrected chi connectivity index (χ2v) is 8.51. The van der Waals surface area contributed by atoms with Gasteiger partial charge in [0.1, 0.15) is 12.4 Å². The molecule has 0 bridgehead atoms. The van der Waals surface area contributed by atoms with Gasteiger partial charge in [-0.2, -0.15) is 0 Å². The number of rotatable bonds is 10. The van der Waals surface area contributed by atoms with E-state index in [1.165, 1.54) is 12.5 Å². The van der Waals surface area contributed by atoms with Gasteiger partial charge in [0.05, 0.1) is 12.2 Å². The first-order valence-electron chi connectivity index (χ1n) is 10.3. The molecule has 0 spiro atoms. The molecule has 4 nitrogen and oxygen atoms in total. The van der Waals surface area contributed by atoms with E-state index in [4.69, 9.17) is 9.47 Å². The number of Topliss-reactive ketones (excluding diaryl/α,β-unsaturated/α-hetero) is 1. The van der Waals surface area contributed by atoms with Crippen LogP contribution in [0.15, 0.2) is 23.8 Å². The van der Waals surface area contributed by atoms with Crippen LogP contribution in [0.1, 0.15) is 79.6 Å². The molecule has 2 unspecified atom stereocenters. The fraction of sp³-hybridized carbons (Fsp3) is 0.739. The molecule has 0 aromatic rings. The summed E-state index contributed by atoms with van der Waals surface area (Å²) in [7, 11) is 0. The van der Waals surface area contributed by atoms with Crippen molar-refractivity contribution in [3.8, 4) is 0 Å². The van der Waals surface area contributed by atoms with Crippen LogP contribution in [0.4, 0.5) is 0 Å².